The van der Waals surface area contributed by atoms with E-state index in [1.54, 1.807) is 30.3 Å². The summed E-state index contributed by atoms with van der Waals surface area (Å²) in [5.41, 5.74) is 2.65. The van der Waals surface area contributed by atoms with Crippen LogP contribution in [0.5, 0.6) is 0 Å². The van der Waals surface area contributed by atoms with E-state index in [1.807, 2.05) is 12.1 Å². The number of aromatic nitrogens is 2. The number of H-pyrrole nitrogens is 1. The normalized spacial score (nSPS) is 10.8. The Hall–Kier alpha value is -2.33. The molecule has 0 fully saturated rings. The van der Waals surface area contributed by atoms with E-state index in [4.69, 9.17) is 16.7 Å². The summed E-state index contributed by atoms with van der Waals surface area (Å²) in [6, 6.07) is 12.1. The Morgan fingerprint density at radius 2 is 1.89 bits per heavy atom. The second kappa shape index (κ2) is 4.40. The van der Waals surface area contributed by atoms with Gasteiger partial charge in [0.15, 0.2) is 0 Å². The molecule has 0 unspecified atom stereocenters. The van der Waals surface area contributed by atoms with Gasteiger partial charge in [-0.2, -0.15) is 5.10 Å². The number of aromatic amines is 1. The topological polar surface area (TPSA) is 66.0 Å². The van der Waals surface area contributed by atoms with E-state index in [9.17, 15) is 4.79 Å². The molecule has 5 heteroatoms. The third kappa shape index (κ3) is 2.06. The van der Waals surface area contributed by atoms with Crippen LogP contribution in [-0.2, 0) is 0 Å². The molecule has 0 spiro atoms. The van der Waals surface area contributed by atoms with Crippen LogP contribution >= 0.6 is 11.6 Å². The molecule has 0 radical (unpaired) electrons. The maximum Gasteiger partial charge on any atom is 0.335 e. The Morgan fingerprint density at radius 1 is 1.16 bits per heavy atom. The van der Waals surface area contributed by atoms with Crippen LogP contribution in [0.3, 0.4) is 0 Å². The quantitative estimate of drug-likeness (QED) is 0.749. The maximum atomic E-state index is 11.0. The third-order valence-corrected chi connectivity index (χ3v) is 3.18. The van der Waals surface area contributed by atoms with Gasteiger partial charge in [0.05, 0.1) is 16.8 Å². The van der Waals surface area contributed by atoms with E-state index < -0.39 is 5.97 Å². The van der Waals surface area contributed by atoms with Crippen LogP contribution in [-0.4, -0.2) is 21.3 Å². The Balaban J connectivity index is 2.21. The van der Waals surface area contributed by atoms with Crippen molar-refractivity contribution in [2.75, 3.05) is 0 Å². The molecular formula is C14H9ClN2O2. The van der Waals surface area contributed by atoms with Crippen LogP contribution in [0.15, 0.2) is 42.5 Å². The molecule has 0 aliphatic carbocycles. The zero-order valence-electron chi connectivity index (χ0n) is 9.72. The first kappa shape index (κ1) is 11.7. The van der Waals surface area contributed by atoms with Gasteiger partial charge in [0.25, 0.3) is 0 Å². The van der Waals surface area contributed by atoms with Crippen LogP contribution < -0.4 is 0 Å². The van der Waals surface area contributed by atoms with Gasteiger partial charge in [0.2, 0.25) is 0 Å². The van der Waals surface area contributed by atoms with Crippen molar-refractivity contribution >= 4 is 28.5 Å². The Kier molecular flexibility index (Phi) is 2.72. The SMILES string of the molecule is O=C(O)c1ccc2[nH]nc(-c3ccc(Cl)cc3)c2c1. The van der Waals surface area contributed by atoms with Crippen molar-refractivity contribution < 1.29 is 9.90 Å². The number of carboxylic acids is 1. The van der Waals surface area contributed by atoms with E-state index in [0.29, 0.717) is 5.02 Å². The van der Waals surface area contributed by atoms with Crippen molar-refractivity contribution in [2.24, 2.45) is 0 Å². The molecule has 1 heterocycles. The lowest BCUT2D eigenvalue weighted by molar-refractivity contribution is 0.0697. The van der Waals surface area contributed by atoms with Gasteiger partial charge >= 0.3 is 5.97 Å². The number of rotatable bonds is 2. The Morgan fingerprint density at radius 3 is 2.58 bits per heavy atom. The first-order valence-corrected chi connectivity index (χ1v) is 6.00. The van der Waals surface area contributed by atoms with E-state index in [-0.39, 0.29) is 5.56 Å². The predicted molar refractivity (Wildman–Crippen MR) is 73.5 cm³/mol. The van der Waals surface area contributed by atoms with Crippen LogP contribution in [0.25, 0.3) is 22.2 Å². The van der Waals surface area contributed by atoms with Crippen LogP contribution in [0.4, 0.5) is 0 Å². The zero-order chi connectivity index (χ0) is 13.4. The molecule has 0 saturated carbocycles. The number of nitrogens with zero attached hydrogens (tertiary/aromatic N) is 1. The van der Waals surface area contributed by atoms with E-state index >= 15 is 0 Å². The molecule has 94 valence electrons. The molecule has 0 aliphatic rings. The number of halogens is 1. The smallest absolute Gasteiger partial charge is 0.335 e. The predicted octanol–water partition coefficient (Wildman–Crippen LogP) is 3.58. The molecule has 0 saturated heterocycles. The van der Waals surface area contributed by atoms with E-state index in [2.05, 4.69) is 10.2 Å². The Bertz CT molecular complexity index is 763. The monoisotopic (exact) mass is 272 g/mol. The van der Waals surface area contributed by atoms with Crippen molar-refractivity contribution in [1.29, 1.82) is 0 Å². The first-order valence-electron chi connectivity index (χ1n) is 5.62. The molecule has 0 bridgehead atoms. The minimum Gasteiger partial charge on any atom is -0.478 e. The molecule has 3 aromatic rings. The second-order valence-corrected chi connectivity index (χ2v) is 4.58. The number of aromatic carboxylic acids is 1. The van der Waals surface area contributed by atoms with Gasteiger partial charge in [-0.05, 0) is 30.3 Å². The summed E-state index contributed by atoms with van der Waals surface area (Å²) in [4.78, 5) is 11.0. The lowest BCUT2D eigenvalue weighted by Crippen LogP contribution is -1.94. The summed E-state index contributed by atoms with van der Waals surface area (Å²) < 4.78 is 0. The summed E-state index contributed by atoms with van der Waals surface area (Å²) in [6.07, 6.45) is 0. The molecule has 4 nitrogen and oxygen atoms in total. The highest BCUT2D eigenvalue weighted by atomic mass is 35.5. The zero-order valence-corrected chi connectivity index (χ0v) is 10.5. The number of fused-ring (bicyclic) bond motifs is 1. The number of nitrogens with one attached hydrogen (secondary N) is 1. The highest BCUT2D eigenvalue weighted by Crippen LogP contribution is 2.27. The van der Waals surface area contributed by atoms with Crippen LogP contribution in [0.1, 0.15) is 10.4 Å². The van der Waals surface area contributed by atoms with E-state index in [1.165, 1.54) is 0 Å². The Labute approximate surface area is 113 Å². The molecule has 1 aromatic heterocycles. The summed E-state index contributed by atoms with van der Waals surface area (Å²) in [5, 5.41) is 17.6. The van der Waals surface area contributed by atoms with Gasteiger partial charge in [-0.15, -0.1) is 0 Å². The molecular weight excluding hydrogens is 264 g/mol. The molecule has 0 amide bonds. The van der Waals surface area contributed by atoms with Gasteiger partial charge in [-0.1, -0.05) is 23.7 Å². The lowest BCUT2D eigenvalue weighted by atomic mass is 10.1. The van der Waals surface area contributed by atoms with Crippen molar-refractivity contribution in [3.63, 3.8) is 0 Å². The van der Waals surface area contributed by atoms with Crippen LogP contribution in [0.2, 0.25) is 5.02 Å². The highest BCUT2D eigenvalue weighted by molar-refractivity contribution is 6.30. The minimum absolute atomic E-state index is 0.240. The number of carboxylic acid groups (broad SMARTS) is 1. The van der Waals surface area contributed by atoms with Crippen molar-refractivity contribution in [3.05, 3.63) is 53.1 Å². The molecule has 2 aromatic carbocycles. The van der Waals surface area contributed by atoms with Gasteiger partial charge in [-0.25, -0.2) is 4.79 Å². The van der Waals surface area contributed by atoms with Crippen molar-refractivity contribution in [1.82, 2.24) is 10.2 Å². The summed E-state index contributed by atoms with van der Waals surface area (Å²) >= 11 is 5.85. The number of carbonyl (C=O) groups is 1. The van der Waals surface area contributed by atoms with Gasteiger partial charge in [0.1, 0.15) is 0 Å². The van der Waals surface area contributed by atoms with E-state index in [0.717, 1.165) is 22.2 Å². The van der Waals surface area contributed by atoms with Gasteiger partial charge in [0, 0.05) is 16.0 Å². The number of hydrogen-bond acceptors (Lipinski definition) is 2. The number of hydrogen-bond donors (Lipinski definition) is 2. The first-order chi connectivity index (χ1) is 9.15. The third-order valence-electron chi connectivity index (χ3n) is 2.93. The summed E-state index contributed by atoms with van der Waals surface area (Å²) in [6.45, 7) is 0. The number of benzene rings is 2. The molecule has 0 aliphatic heterocycles. The molecule has 0 atom stereocenters. The second-order valence-electron chi connectivity index (χ2n) is 4.14. The molecule has 3 rings (SSSR count). The lowest BCUT2D eigenvalue weighted by Gasteiger charge is -1.99. The maximum absolute atomic E-state index is 11.0. The summed E-state index contributed by atoms with van der Waals surface area (Å²) in [5.74, 6) is -0.954. The fraction of sp³-hybridized carbons (Fsp3) is 0. The van der Waals surface area contributed by atoms with Crippen LogP contribution in [0, 0.1) is 0 Å². The fourth-order valence-electron chi connectivity index (χ4n) is 1.97. The highest BCUT2D eigenvalue weighted by Gasteiger charge is 2.11. The minimum atomic E-state index is -0.954. The summed E-state index contributed by atoms with van der Waals surface area (Å²) in [7, 11) is 0. The largest absolute Gasteiger partial charge is 0.478 e. The average Bonchev–Trinajstić information content (AvgIpc) is 2.82. The van der Waals surface area contributed by atoms with Gasteiger partial charge < -0.3 is 5.11 Å². The van der Waals surface area contributed by atoms with Gasteiger partial charge in [-0.3, -0.25) is 5.10 Å². The standard InChI is InChI=1S/C14H9ClN2O2/c15-10-4-1-8(2-5-10)13-11-7-9(14(18)19)3-6-12(11)16-17-13/h1-7H,(H,16,17)(H,18,19). The molecule has 19 heavy (non-hydrogen) atoms. The fourth-order valence-corrected chi connectivity index (χ4v) is 2.10. The average molecular weight is 273 g/mol. The van der Waals surface area contributed by atoms with Crippen molar-refractivity contribution in [3.8, 4) is 11.3 Å². The molecule has 2 N–H and O–H groups in total. The van der Waals surface area contributed by atoms with Crippen molar-refractivity contribution in [2.45, 2.75) is 0 Å².